The van der Waals surface area contributed by atoms with Gasteiger partial charge >= 0.3 is 11.8 Å². The molecule has 0 bridgehead atoms. The summed E-state index contributed by atoms with van der Waals surface area (Å²) in [6, 6.07) is 12.7. The predicted molar refractivity (Wildman–Crippen MR) is 102 cm³/mol. The van der Waals surface area contributed by atoms with Crippen LogP contribution in [-0.4, -0.2) is 24.1 Å². The van der Waals surface area contributed by atoms with E-state index in [9.17, 15) is 9.59 Å². The van der Waals surface area contributed by atoms with Crippen LogP contribution in [0.2, 0.25) is 0 Å². The highest BCUT2D eigenvalue weighted by Gasteiger charge is 2.13. The number of amides is 2. The SMILES string of the molecule is Cc1ccc(NC(=O)C(=O)N/N=C/c2ccc(OC(C)C)cc2)cc1C. The average molecular weight is 353 g/mol. The topological polar surface area (TPSA) is 79.8 Å². The second kappa shape index (κ2) is 8.80. The molecule has 2 aromatic rings. The van der Waals surface area contributed by atoms with Gasteiger partial charge in [0.05, 0.1) is 12.3 Å². The van der Waals surface area contributed by atoms with Crippen LogP contribution in [0.4, 0.5) is 5.69 Å². The van der Waals surface area contributed by atoms with Crippen molar-refractivity contribution < 1.29 is 14.3 Å². The molecule has 0 saturated carbocycles. The van der Waals surface area contributed by atoms with Gasteiger partial charge in [-0.2, -0.15) is 5.10 Å². The van der Waals surface area contributed by atoms with Crippen LogP contribution in [0.3, 0.4) is 0 Å². The first kappa shape index (κ1) is 19.2. The van der Waals surface area contributed by atoms with Gasteiger partial charge in [-0.3, -0.25) is 9.59 Å². The molecule has 6 heteroatoms. The first-order chi connectivity index (χ1) is 12.3. The molecular weight excluding hydrogens is 330 g/mol. The van der Waals surface area contributed by atoms with E-state index >= 15 is 0 Å². The van der Waals surface area contributed by atoms with Crippen molar-refractivity contribution >= 4 is 23.7 Å². The van der Waals surface area contributed by atoms with E-state index in [1.807, 2.05) is 64.1 Å². The Hall–Kier alpha value is -3.15. The third-order valence-corrected chi connectivity index (χ3v) is 3.60. The molecule has 0 heterocycles. The van der Waals surface area contributed by atoms with Gasteiger partial charge in [-0.25, -0.2) is 5.43 Å². The fourth-order valence-electron chi connectivity index (χ4n) is 2.13. The van der Waals surface area contributed by atoms with Crippen LogP contribution in [0.1, 0.15) is 30.5 Å². The molecule has 0 atom stereocenters. The summed E-state index contributed by atoms with van der Waals surface area (Å²) in [4.78, 5) is 23.7. The maximum Gasteiger partial charge on any atom is 0.329 e. The molecular formula is C20H23N3O3. The van der Waals surface area contributed by atoms with Crippen LogP contribution in [0.5, 0.6) is 5.75 Å². The summed E-state index contributed by atoms with van der Waals surface area (Å²) < 4.78 is 5.55. The van der Waals surface area contributed by atoms with Crippen molar-refractivity contribution in [3.8, 4) is 5.75 Å². The van der Waals surface area contributed by atoms with E-state index in [0.29, 0.717) is 5.69 Å². The largest absolute Gasteiger partial charge is 0.491 e. The first-order valence-corrected chi connectivity index (χ1v) is 8.33. The number of anilines is 1. The van der Waals surface area contributed by atoms with Crippen molar-refractivity contribution in [3.05, 3.63) is 59.2 Å². The lowest BCUT2D eigenvalue weighted by Crippen LogP contribution is -2.32. The van der Waals surface area contributed by atoms with Gasteiger partial charge in [0.25, 0.3) is 0 Å². The molecule has 0 spiro atoms. The molecule has 2 amide bonds. The summed E-state index contributed by atoms with van der Waals surface area (Å²) in [5, 5.41) is 6.34. The summed E-state index contributed by atoms with van der Waals surface area (Å²) >= 11 is 0. The summed E-state index contributed by atoms with van der Waals surface area (Å²) in [6.07, 6.45) is 1.56. The maximum atomic E-state index is 11.9. The number of ether oxygens (including phenoxy) is 1. The summed E-state index contributed by atoms with van der Waals surface area (Å²) in [6.45, 7) is 7.82. The number of aryl methyl sites for hydroxylation is 2. The minimum atomic E-state index is -0.834. The minimum absolute atomic E-state index is 0.102. The number of hydrazone groups is 1. The van der Waals surface area contributed by atoms with E-state index < -0.39 is 11.8 Å². The van der Waals surface area contributed by atoms with Crippen molar-refractivity contribution in [1.29, 1.82) is 0 Å². The Labute approximate surface area is 153 Å². The van der Waals surface area contributed by atoms with E-state index in [-0.39, 0.29) is 6.10 Å². The Morgan fingerprint density at radius 2 is 1.69 bits per heavy atom. The Balaban J connectivity index is 1.87. The number of hydrogen-bond donors (Lipinski definition) is 2. The Morgan fingerprint density at radius 3 is 2.31 bits per heavy atom. The molecule has 0 aliphatic heterocycles. The highest BCUT2D eigenvalue weighted by Crippen LogP contribution is 2.14. The van der Waals surface area contributed by atoms with E-state index in [1.165, 1.54) is 6.21 Å². The van der Waals surface area contributed by atoms with Gasteiger partial charge in [-0.1, -0.05) is 6.07 Å². The lowest BCUT2D eigenvalue weighted by atomic mass is 10.1. The summed E-state index contributed by atoms with van der Waals surface area (Å²) in [7, 11) is 0. The lowest BCUT2D eigenvalue weighted by molar-refractivity contribution is -0.136. The highest BCUT2D eigenvalue weighted by molar-refractivity contribution is 6.39. The third kappa shape index (κ3) is 5.73. The number of rotatable bonds is 5. The molecule has 2 aromatic carbocycles. The number of benzene rings is 2. The third-order valence-electron chi connectivity index (χ3n) is 3.60. The molecule has 0 aromatic heterocycles. The van der Waals surface area contributed by atoms with Crippen LogP contribution < -0.4 is 15.5 Å². The van der Waals surface area contributed by atoms with Gasteiger partial charge < -0.3 is 10.1 Å². The average Bonchev–Trinajstić information content (AvgIpc) is 2.59. The van der Waals surface area contributed by atoms with Gasteiger partial charge in [0.15, 0.2) is 0 Å². The number of carbonyl (C=O) groups is 2. The van der Waals surface area contributed by atoms with Crippen molar-refractivity contribution in [2.75, 3.05) is 5.32 Å². The van der Waals surface area contributed by atoms with Crippen LogP contribution in [-0.2, 0) is 9.59 Å². The monoisotopic (exact) mass is 353 g/mol. The van der Waals surface area contributed by atoms with E-state index in [4.69, 9.17) is 4.74 Å². The Morgan fingerprint density at radius 1 is 1.00 bits per heavy atom. The quantitative estimate of drug-likeness (QED) is 0.492. The second-order valence-electron chi connectivity index (χ2n) is 6.19. The number of nitrogens with zero attached hydrogens (tertiary/aromatic N) is 1. The fourth-order valence-corrected chi connectivity index (χ4v) is 2.13. The molecule has 0 radical (unpaired) electrons. The van der Waals surface area contributed by atoms with Gasteiger partial charge in [0, 0.05) is 5.69 Å². The smallest absolute Gasteiger partial charge is 0.329 e. The van der Waals surface area contributed by atoms with Crippen molar-refractivity contribution in [2.24, 2.45) is 5.10 Å². The number of hydrogen-bond acceptors (Lipinski definition) is 4. The van der Waals surface area contributed by atoms with Crippen LogP contribution in [0.15, 0.2) is 47.6 Å². The Bertz CT molecular complexity index is 812. The fraction of sp³-hybridized carbons (Fsp3) is 0.250. The van der Waals surface area contributed by atoms with Crippen molar-refractivity contribution in [3.63, 3.8) is 0 Å². The van der Waals surface area contributed by atoms with Crippen molar-refractivity contribution in [1.82, 2.24) is 5.43 Å². The van der Waals surface area contributed by atoms with Gasteiger partial charge in [0.1, 0.15) is 5.75 Å². The molecule has 26 heavy (non-hydrogen) atoms. The van der Waals surface area contributed by atoms with Gasteiger partial charge in [-0.05, 0) is 80.8 Å². The molecule has 0 saturated heterocycles. The standard InChI is InChI=1S/C20H23N3O3/c1-13(2)26-18-9-6-16(7-10-18)12-21-23-20(25)19(24)22-17-8-5-14(3)15(4)11-17/h5-13H,1-4H3,(H,22,24)(H,23,25)/b21-12+. The first-order valence-electron chi connectivity index (χ1n) is 8.33. The predicted octanol–water partition coefficient (Wildman–Crippen LogP) is 3.18. The van der Waals surface area contributed by atoms with Crippen LogP contribution in [0, 0.1) is 13.8 Å². The van der Waals surface area contributed by atoms with E-state index in [1.54, 1.807) is 6.07 Å². The Kier molecular flexibility index (Phi) is 6.49. The normalized spacial score (nSPS) is 10.8. The molecule has 0 aliphatic carbocycles. The van der Waals surface area contributed by atoms with Crippen LogP contribution in [0.25, 0.3) is 0 Å². The van der Waals surface area contributed by atoms with Gasteiger partial charge in [-0.15, -0.1) is 0 Å². The molecule has 2 rings (SSSR count). The molecule has 2 N–H and O–H groups in total. The van der Waals surface area contributed by atoms with Crippen molar-refractivity contribution in [2.45, 2.75) is 33.8 Å². The van der Waals surface area contributed by atoms with E-state index in [0.717, 1.165) is 22.4 Å². The molecule has 0 unspecified atom stereocenters. The highest BCUT2D eigenvalue weighted by atomic mass is 16.5. The summed E-state index contributed by atoms with van der Waals surface area (Å²) in [5.41, 5.74) is 5.70. The number of carbonyl (C=O) groups excluding carboxylic acids is 2. The zero-order chi connectivity index (χ0) is 19.1. The molecule has 0 fully saturated rings. The maximum absolute atomic E-state index is 11.9. The zero-order valence-corrected chi connectivity index (χ0v) is 15.4. The summed E-state index contributed by atoms with van der Waals surface area (Å²) in [5.74, 6) is -0.848. The van der Waals surface area contributed by atoms with Gasteiger partial charge in [0.2, 0.25) is 0 Å². The molecule has 0 aliphatic rings. The van der Waals surface area contributed by atoms with Crippen LogP contribution >= 0.6 is 0 Å². The number of nitrogens with one attached hydrogen (secondary N) is 2. The van der Waals surface area contributed by atoms with E-state index in [2.05, 4.69) is 15.8 Å². The molecule has 6 nitrogen and oxygen atoms in total. The zero-order valence-electron chi connectivity index (χ0n) is 15.4. The lowest BCUT2D eigenvalue weighted by Gasteiger charge is -2.09. The minimum Gasteiger partial charge on any atom is -0.491 e. The second-order valence-corrected chi connectivity index (χ2v) is 6.19. The molecule has 136 valence electrons.